The SMILES string of the molecule is CCC1(C)OC(=O)C(=C/C=C/c2c3ccccc3cc3ccccc23)C(=O)O1.CCCC1(C)OC(=O)C(=C/C=C/c2c3ccccc3cc3ccccc23)C(=O)O1.CCCC1(C)OC(=O)C(=C/C=C/c2ccnc3ccccc23)C(=O)O1.O=C1OC2(CCCCC2)OC(=O)C1=C/C=C/c1c2ccccc2cc2ccccc12.O=C1OC2(CCCCC2)OC(=O)C1=C/C=C/c1ccnc2ccccc12. The summed E-state index contributed by atoms with van der Waals surface area (Å²) in [6.45, 7) is 10.5. The molecule has 22 nitrogen and oxygen atoms in total. The second kappa shape index (κ2) is 42.2. The summed E-state index contributed by atoms with van der Waals surface area (Å²) >= 11 is 0. The van der Waals surface area contributed by atoms with Crippen molar-refractivity contribution in [3.8, 4) is 0 Å². The van der Waals surface area contributed by atoms with Crippen LogP contribution in [0, 0.1) is 0 Å². The molecule has 138 heavy (non-hydrogen) atoms. The number of hydrogen-bond acceptors (Lipinski definition) is 22. The number of benzene rings is 11. The van der Waals surface area contributed by atoms with Crippen molar-refractivity contribution in [3.63, 3.8) is 0 Å². The van der Waals surface area contributed by atoms with Gasteiger partial charge in [0.1, 0.15) is 27.9 Å². The summed E-state index contributed by atoms with van der Waals surface area (Å²) in [5.41, 5.74) is 6.32. The van der Waals surface area contributed by atoms with Gasteiger partial charge in [0.15, 0.2) is 0 Å². The Morgan fingerprint density at radius 2 is 0.486 bits per heavy atom. The Kier molecular flexibility index (Phi) is 29.1. The summed E-state index contributed by atoms with van der Waals surface area (Å²) in [5, 5.41) is 15.4. The van der Waals surface area contributed by atoms with Crippen molar-refractivity contribution in [2.24, 2.45) is 0 Å². The first kappa shape index (κ1) is 95.1. The third-order valence-electron chi connectivity index (χ3n) is 24.9. The van der Waals surface area contributed by atoms with Gasteiger partial charge in [-0.15, -0.1) is 0 Å². The monoisotopic (exact) mass is 1840 g/mol. The van der Waals surface area contributed by atoms with Gasteiger partial charge < -0.3 is 47.4 Å². The van der Waals surface area contributed by atoms with Crippen LogP contribution in [0.5, 0.6) is 0 Å². The average molecular weight is 1840 g/mol. The minimum absolute atomic E-state index is 0.0630. The number of fused-ring (bicyclic) bond motifs is 8. The predicted octanol–water partition coefficient (Wildman–Crippen LogP) is 24.1. The molecule has 0 atom stereocenters. The lowest BCUT2D eigenvalue weighted by atomic mass is 9.93. The smallest absolute Gasteiger partial charge is 0.348 e. The normalized spacial score (nSPS) is 19.7. The molecule has 13 aromatic rings. The molecule has 22 heteroatoms. The van der Waals surface area contributed by atoms with Crippen LogP contribution in [0.15, 0.2) is 325 Å². The number of cyclic esters (lactones) is 6. The van der Waals surface area contributed by atoms with Crippen LogP contribution in [0.1, 0.15) is 166 Å². The Balaban J connectivity index is 0.000000125. The average Bonchev–Trinajstić information content (AvgIpc) is 0.811. The molecule has 7 fully saturated rings. The number of nitrogens with zero attached hydrogens (tertiary/aromatic N) is 2. The van der Waals surface area contributed by atoms with Crippen molar-refractivity contribution in [1.82, 2.24) is 9.97 Å². The minimum Gasteiger partial charge on any atom is -0.419 e. The highest BCUT2D eigenvalue weighted by Crippen LogP contribution is 2.42. The Bertz CT molecular complexity index is 7070. The fourth-order valence-corrected chi connectivity index (χ4v) is 17.9. The summed E-state index contributed by atoms with van der Waals surface area (Å²) in [6.07, 6.45) is 39.4. The maximum atomic E-state index is 12.5. The topological polar surface area (TPSA) is 289 Å². The fraction of sp³-hybridized carbons (Fsp3) is 0.224. The third kappa shape index (κ3) is 21.8. The molecule has 0 bridgehead atoms. The van der Waals surface area contributed by atoms with Gasteiger partial charge in [-0.3, -0.25) is 9.97 Å². The van der Waals surface area contributed by atoms with Gasteiger partial charge in [0.25, 0.3) is 28.9 Å². The van der Waals surface area contributed by atoms with Crippen molar-refractivity contribution < 1.29 is 95.3 Å². The first-order valence-corrected chi connectivity index (χ1v) is 46.5. The van der Waals surface area contributed by atoms with E-state index < -0.39 is 88.6 Å². The second-order valence-electron chi connectivity index (χ2n) is 34.8. The lowest BCUT2D eigenvalue weighted by molar-refractivity contribution is -0.246. The van der Waals surface area contributed by atoms with E-state index in [1.165, 1.54) is 30.4 Å². The van der Waals surface area contributed by atoms with E-state index in [-0.39, 0.29) is 27.9 Å². The quantitative estimate of drug-likeness (QED) is 0.0303. The first-order chi connectivity index (χ1) is 66.9. The van der Waals surface area contributed by atoms with Crippen molar-refractivity contribution >= 4 is 177 Å². The van der Waals surface area contributed by atoms with Gasteiger partial charge in [-0.1, -0.05) is 276 Å². The lowest BCUT2D eigenvalue weighted by Crippen LogP contribution is -2.47. The van der Waals surface area contributed by atoms with E-state index in [2.05, 4.69) is 101 Å². The van der Waals surface area contributed by atoms with Gasteiger partial charge >= 0.3 is 59.7 Å². The Hall–Kier alpha value is -16.1. The van der Waals surface area contributed by atoms with Crippen LogP contribution in [0.3, 0.4) is 0 Å². The zero-order valence-corrected chi connectivity index (χ0v) is 77.3. The number of ether oxygens (including phenoxy) is 10. The van der Waals surface area contributed by atoms with E-state index in [1.54, 1.807) is 70.5 Å². The number of esters is 10. The summed E-state index contributed by atoms with van der Waals surface area (Å²) in [7, 11) is 0. The van der Waals surface area contributed by atoms with E-state index >= 15 is 0 Å². The second-order valence-corrected chi connectivity index (χ2v) is 34.8. The number of pyridine rings is 2. The third-order valence-corrected chi connectivity index (χ3v) is 24.9. The van der Waals surface area contributed by atoms with E-state index in [0.717, 1.165) is 166 Å². The van der Waals surface area contributed by atoms with Crippen LogP contribution >= 0.6 is 0 Å². The Labute approximate surface area is 797 Å². The molecule has 7 heterocycles. The van der Waals surface area contributed by atoms with Crippen LogP contribution in [0.2, 0.25) is 0 Å². The lowest BCUT2D eigenvalue weighted by Gasteiger charge is -2.38. The molecule has 696 valence electrons. The summed E-state index contributed by atoms with van der Waals surface area (Å²) in [5.74, 6) is -12.0. The van der Waals surface area contributed by atoms with Crippen LogP contribution < -0.4 is 0 Å². The highest BCUT2D eigenvalue weighted by molar-refractivity contribution is 6.20. The maximum Gasteiger partial charge on any atom is 0.348 e. The molecule has 5 saturated heterocycles. The van der Waals surface area contributed by atoms with Crippen LogP contribution in [0.4, 0.5) is 0 Å². The summed E-state index contributed by atoms with van der Waals surface area (Å²) in [4.78, 5) is 132. The van der Waals surface area contributed by atoms with Crippen molar-refractivity contribution in [1.29, 1.82) is 0 Å². The molecule has 0 unspecified atom stereocenters. The van der Waals surface area contributed by atoms with E-state index in [1.807, 2.05) is 178 Å². The van der Waals surface area contributed by atoms with Gasteiger partial charge in [0, 0.05) is 88.9 Å². The van der Waals surface area contributed by atoms with E-state index in [0.29, 0.717) is 44.9 Å². The number of rotatable bonds is 15. The standard InChI is InChI=1S/C26H22O4.C25H22O4.C24H20O4.C21H19NO4.C20H19NO4/c27-24-23(25(28)30-26(29-24)15-6-1-7-16-26)14-8-13-22-20-11-4-2-9-18(20)17-19-10-3-5-12-21(19)22;1-3-15-25(2)28-23(26)22(24(27)29-25)14-8-13-21-19-11-6-4-9-17(19)16-18-10-5-7-12-20(18)21;1-3-24(2)27-22(25)21(23(26)28-24)14-8-13-20-18-11-6-4-9-16(18)15-17-10-5-7-12-19(17)20;23-19-17(20(24)26-21(25-19)12-4-1-5-13-21)9-6-7-15-11-14-22-18-10-3-2-8-16(15)18;1-3-12-20(2)24-18(22)16(19(23)25-20)9-6-7-14-11-13-21-17-10-5-4-8-15(14)17/h2-5,8-14,17H,1,6-7,15-16H2;4-14,16H,3,15H2,1-2H3;4-15H,3H2,1-2H3;2-3,6-11,14H,1,4-5,12-13H2;4-11,13H,3,12H2,1-2H3/b13-8+;13-8+,22-14?;13-8+,21-14?;7-6+;7-6+,16-9?. The number of carbonyl (C=O) groups excluding carboxylic acids is 10. The highest BCUT2D eigenvalue weighted by atomic mass is 16.8. The molecule has 7 aliphatic rings. The van der Waals surface area contributed by atoms with E-state index in [4.69, 9.17) is 47.4 Å². The number of allylic oxidation sites excluding steroid dienone is 10. The van der Waals surface area contributed by atoms with Crippen molar-refractivity contribution in [3.05, 3.63) is 353 Å². The predicted molar refractivity (Wildman–Crippen MR) is 531 cm³/mol. The molecule has 20 rings (SSSR count). The number of carbonyl (C=O) groups is 10. The Morgan fingerprint density at radius 1 is 0.261 bits per heavy atom. The fourth-order valence-electron chi connectivity index (χ4n) is 17.9. The molecule has 2 spiro atoms. The van der Waals surface area contributed by atoms with Gasteiger partial charge in [-0.05, 0) is 204 Å². The molecule has 2 aromatic heterocycles. The van der Waals surface area contributed by atoms with Gasteiger partial charge in [0.05, 0.1) is 11.0 Å². The summed E-state index contributed by atoms with van der Waals surface area (Å²) in [6, 6.07) is 74.7. The van der Waals surface area contributed by atoms with Gasteiger partial charge in [0.2, 0.25) is 0 Å². The number of aromatic nitrogens is 2. The molecule has 0 amide bonds. The highest BCUT2D eigenvalue weighted by Gasteiger charge is 2.49. The van der Waals surface area contributed by atoms with E-state index in [9.17, 15) is 47.9 Å². The Morgan fingerprint density at radius 3 is 0.739 bits per heavy atom. The first-order valence-electron chi connectivity index (χ1n) is 46.5. The molecular formula is C116H102N2O20. The zero-order valence-electron chi connectivity index (χ0n) is 77.3. The van der Waals surface area contributed by atoms with Crippen molar-refractivity contribution in [2.45, 2.75) is 167 Å². The molecule has 11 aromatic carbocycles. The van der Waals surface area contributed by atoms with Crippen molar-refractivity contribution in [2.75, 3.05) is 0 Å². The molecule has 2 saturated carbocycles. The van der Waals surface area contributed by atoms with Gasteiger partial charge in [-0.2, -0.15) is 0 Å². The van der Waals surface area contributed by atoms with Crippen LogP contribution in [-0.2, 0) is 95.3 Å². The molecule has 0 radical (unpaired) electrons. The number of para-hydroxylation sites is 2. The molecule has 2 aliphatic carbocycles. The zero-order chi connectivity index (χ0) is 96.6. The summed E-state index contributed by atoms with van der Waals surface area (Å²) < 4.78 is 53.9. The van der Waals surface area contributed by atoms with Crippen LogP contribution in [0.25, 0.3) is 117 Å². The maximum absolute atomic E-state index is 12.5. The molecular weight excluding hydrogens is 1740 g/mol. The molecule has 0 N–H and O–H groups in total. The van der Waals surface area contributed by atoms with Crippen LogP contribution in [-0.4, -0.2) is 98.6 Å². The minimum atomic E-state index is -1.19. The number of hydrogen-bond donors (Lipinski definition) is 0. The molecule has 5 aliphatic heterocycles. The largest absolute Gasteiger partial charge is 0.419 e. The van der Waals surface area contributed by atoms with Gasteiger partial charge in [-0.25, -0.2) is 47.9 Å².